The van der Waals surface area contributed by atoms with Gasteiger partial charge in [-0.3, -0.25) is 4.79 Å². The highest BCUT2D eigenvalue weighted by molar-refractivity contribution is 7.18. The van der Waals surface area contributed by atoms with Crippen molar-refractivity contribution >= 4 is 33.8 Å². The molecule has 6 nitrogen and oxygen atoms in total. The summed E-state index contributed by atoms with van der Waals surface area (Å²) in [7, 11) is 1.53. The summed E-state index contributed by atoms with van der Waals surface area (Å²) in [5.41, 5.74) is 7.01. The van der Waals surface area contributed by atoms with E-state index in [9.17, 15) is 9.18 Å². The number of carbonyl (C=O) groups is 1. The van der Waals surface area contributed by atoms with Gasteiger partial charge in [-0.2, -0.15) is 0 Å². The minimum Gasteiger partial charge on any atom is -0.468 e. The summed E-state index contributed by atoms with van der Waals surface area (Å²) in [6.45, 7) is 0.132. The van der Waals surface area contributed by atoms with Crippen LogP contribution >= 0.6 is 11.3 Å². The van der Waals surface area contributed by atoms with Gasteiger partial charge in [-0.1, -0.05) is 11.3 Å². The first kappa shape index (κ1) is 17.8. The molecule has 0 atom stereocenters. The van der Waals surface area contributed by atoms with Gasteiger partial charge in [0.15, 0.2) is 11.9 Å². The summed E-state index contributed by atoms with van der Waals surface area (Å²) in [4.78, 5) is 17.1. The first-order valence-electron chi connectivity index (χ1n) is 7.62. The molecule has 0 bridgehead atoms. The molecule has 1 aromatic heterocycles. The number of anilines is 3. The van der Waals surface area contributed by atoms with Gasteiger partial charge in [0.1, 0.15) is 22.3 Å². The predicted molar refractivity (Wildman–Crippen MR) is 98.6 cm³/mol. The third kappa shape index (κ3) is 4.16. The van der Waals surface area contributed by atoms with Crippen LogP contribution < -0.4 is 15.8 Å². The van der Waals surface area contributed by atoms with E-state index >= 15 is 0 Å². The van der Waals surface area contributed by atoms with Gasteiger partial charge in [0.2, 0.25) is 5.78 Å². The van der Waals surface area contributed by atoms with Gasteiger partial charge in [-0.25, -0.2) is 9.37 Å². The number of nitrogens with two attached hydrogens (primary N) is 1. The van der Waals surface area contributed by atoms with E-state index in [1.165, 1.54) is 19.2 Å². The van der Waals surface area contributed by atoms with Crippen molar-refractivity contribution in [2.45, 2.75) is 0 Å². The maximum absolute atomic E-state index is 13.0. The number of benzene rings is 2. The van der Waals surface area contributed by atoms with E-state index in [1.807, 2.05) is 0 Å². The van der Waals surface area contributed by atoms with Crippen molar-refractivity contribution in [2.75, 3.05) is 25.0 Å². The lowest BCUT2D eigenvalue weighted by Gasteiger charge is -2.05. The van der Waals surface area contributed by atoms with Crippen LogP contribution in [0.3, 0.4) is 0 Å². The molecule has 0 unspecified atom stereocenters. The van der Waals surface area contributed by atoms with Crippen LogP contribution in [0.2, 0.25) is 0 Å². The second kappa shape index (κ2) is 7.94. The molecule has 0 saturated heterocycles. The summed E-state index contributed by atoms with van der Waals surface area (Å²) >= 11 is 1.14. The lowest BCUT2D eigenvalue weighted by atomic mass is 10.1. The number of nitrogen functional groups attached to an aromatic ring is 1. The first-order chi connectivity index (χ1) is 12.6. The summed E-state index contributed by atoms with van der Waals surface area (Å²) < 4.78 is 23.1. The van der Waals surface area contributed by atoms with Gasteiger partial charge in [-0.15, -0.1) is 0 Å². The molecule has 0 amide bonds. The number of hydrogen-bond acceptors (Lipinski definition) is 7. The Morgan fingerprint density at radius 1 is 1.19 bits per heavy atom. The van der Waals surface area contributed by atoms with Crippen LogP contribution in [0, 0.1) is 5.82 Å². The van der Waals surface area contributed by atoms with Gasteiger partial charge in [0, 0.05) is 18.4 Å². The van der Waals surface area contributed by atoms with Crippen LogP contribution in [0.15, 0.2) is 48.5 Å². The van der Waals surface area contributed by atoms with Crippen molar-refractivity contribution < 1.29 is 18.7 Å². The predicted octanol–water partition coefficient (Wildman–Crippen LogP) is 3.82. The van der Waals surface area contributed by atoms with E-state index in [0.717, 1.165) is 11.3 Å². The van der Waals surface area contributed by atoms with Crippen LogP contribution in [0.5, 0.6) is 5.75 Å². The van der Waals surface area contributed by atoms with Crippen LogP contribution in [0.25, 0.3) is 0 Å². The molecule has 3 N–H and O–H groups in total. The molecule has 0 aliphatic heterocycles. The molecule has 0 radical (unpaired) electrons. The van der Waals surface area contributed by atoms with Crippen molar-refractivity contribution in [3.63, 3.8) is 0 Å². The SMILES string of the molecule is COCOc1ccc(C(=O)c2sc(Nc3ccc(F)cc3)nc2N)cc1. The Labute approximate surface area is 153 Å². The number of nitrogens with one attached hydrogen (secondary N) is 1. The number of nitrogens with zero attached hydrogens (tertiary/aromatic N) is 1. The number of methoxy groups -OCH3 is 1. The highest BCUT2D eigenvalue weighted by Crippen LogP contribution is 2.30. The number of ketones is 1. The minimum absolute atomic E-state index is 0.132. The summed E-state index contributed by atoms with van der Waals surface area (Å²) in [5.74, 6) is 0.178. The van der Waals surface area contributed by atoms with E-state index < -0.39 is 0 Å². The lowest BCUT2D eigenvalue weighted by Crippen LogP contribution is -2.03. The Balaban J connectivity index is 1.75. The van der Waals surface area contributed by atoms with Crippen LogP contribution in [-0.4, -0.2) is 24.7 Å². The molecule has 26 heavy (non-hydrogen) atoms. The minimum atomic E-state index is -0.331. The van der Waals surface area contributed by atoms with Crippen molar-refractivity contribution in [1.82, 2.24) is 4.98 Å². The monoisotopic (exact) mass is 373 g/mol. The van der Waals surface area contributed by atoms with E-state index in [0.29, 0.717) is 27.0 Å². The van der Waals surface area contributed by atoms with E-state index in [-0.39, 0.29) is 24.2 Å². The number of aromatic nitrogens is 1. The molecule has 3 rings (SSSR count). The third-order valence-corrected chi connectivity index (χ3v) is 4.40. The summed E-state index contributed by atoms with van der Waals surface area (Å²) in [5, 5.41) is 3.46. The molecule has 2 aromatic carbocycles. The first-order valence-corrected chi connectivity index (χ1v) is 8.44. The van der Waals surface area contributed by atoms with Crippen molar-refractivity contribution in [3.05, 3.63) is 64.8 Å². The zero-order chi connectivity index (χ0) is 18.5. The van der Waals surface area contributed by atoms with Crippen molar-refractivity contribution in [1.29, 1.82) is 0 Å². The number of carbonyl (C=O) groups excluding carboxylic acids is 1. The quantitative estimate of drug-likeness (QED) is 0.484. The summed E-state index contributed by atoms with van der Waals surface area (Å²) in [6, 6.07) is 12.5. The molecule has 0 aliphatic carbocycles. The second-order valence-electron chi connectivity index (χ2n) is 5.27. The smallest absolute Gasteiger partial charge is 0.206 e. The molecule has 0 spiro atoms. The van der Waals surface area contributed by atoms with Crippen molar-refractivity contribution in [3.8, 4) is 5.75 Å². The largest absolute Gasteiger partial charge is 0.468 e. The highest BCUT2D eigenvalue weighted by atomic mass is 32.1. The topological polar surface area (TPSA) is 86.5 Å². The molecule has 1 heterocycles. The fourth-order valence-electron chi connectivity index (χ4n) is 2.17. The maximum atomic E-state index is 13.0. The average Bonchev–Trinajstić information content (AvgIpc) is 3.02. The molecule has 0 fully saturated rings. The zero-order valence-electron chi connectivity index (χ0n) is 13.9. The molecule has 8 heteroatoms. The standard InChI is InChI=1S/C18H16FN3O3S/c1-24-10-25-14-8-2-11(3-9-14)15(23)16-17(20)22-18(26-16)21-13-6-4-12(19)5-7-13/h2-9H,10,20H2,1H3,(H,21,22). The molecular weight excluding hydrogens is 357 g/mol. The molecule has 0 saturated carbocycles. The molecule has 0 aliphatic rings. The second-order valence-corrected chi connectivity index (χ2v) is 6.27. The Morgan fingerprint density at radius 3 is 2.54 bits per heavy atom. The van der Waals surface area contributed by atoms with Crippen LogP contribution in [0.4, 0.5) is 21.0 Å². The van der Waals surface area contributed by atoms with Gasteiger partial charge >= 0.3 is 0 Å². The van der Waals surface area contributed by atoms with E-state index in [2.05, 4.69) is 10.3 Å². The number of rotatable bonds is 7. The van der Waals surface area contributed by atoms with Crippen molar-refractivity contribution in [2.24, 2.45) is 0 Å². The number of hydrogen-bond donors (Lipinski definition) is 2. The van der Waals surface area contributed by atoms with Gasteiger partial charge < -0.3 is 20.5 Å². The van der Waals surface area contributed by atoms with Crippen LogP contribution in [-0.2, 0) is 4.74 Å². The molecule has 3 aromatic rings. The van der Waals surface area contributed by atoms with Gasteiger partial charge in [0.25, 0.3) is 0 Å². The third-order valence-electron chi connectivity index (χ3n) is 3.42. The summed E-state index contributed by atoms with van der Waals surface area (Å²) in [6.07, 6.45) is 0. The van der Waals surface area contributed by atoms with Crippen LogP contribution in [0.1, 0.15) is 15.2 Å². The molecular formula is C18H16FN3O3S. The number of halogens is 1. The van der Waals surface area contributed by atoms with E-state index in [4.69, 9.17) is 15.2 Å². The normalized spacial score (nSPS) is 10.5. The van der Waals surface area contributed by atoms with Gasteiger partial charge in [-0.05, 0) is 48.5 Å². The fraction of sp³-hybridized carbons (Fsp3) is 0.111. The Bertz CT molecular complexity index is 895. The maximum Gasteiger partial charge on any atom is 0.206 e. The van der Waals surface area contributed by atoms with E-state index in [1.54, 1.807) is 36.4 Å². The van der Waals surface area contributed by atoms with Gasteiger partial charge in [0.05, 0.1) is 0 Å². The Hall–Kier alpha value is -2.97. The Kier molecular flexibility index (Phi) is 5.45. The zero-order valence-corrected chi connectivity index (χ0v) is 14.7. The number of ether oxygens (including phenoxy) is 2. The fourth-order valence-corrected chi connectivity index (χ4v) is 3.03. The highest BCUT2D eigenvalue weighted by Gasteiger charge is 2.18. The average molecular weight is 373 g/mol. The molecule has 134 valence electrons. The Morgan fingerprint density at radius 2 is 1.88 bits per heavy atom. The lowest BCUT2D eigenvalue weighted by molar-refractivity contribution is 0.0511. The number of thiazole rings is 1.